The predicted molar refractivity (Wildman–Crippen MR) is 56.8 cm³/mol. The Morgan fingerprint density at radius 2 is 2.18 bits per heavy atom. The van der Waals surface area contributed by atoms with Crippen LogP contribution in [0.2, 0.25) is 0 Å². The summed E-state index contributed by atoms with van der Waals surface area (Å²) in [4.78, 5) is 11.3. The lowest BCUT2D eigenvalue weighted by molar-refractivity contribution is 0.0600. The van der Waals surface area contributed by atoms with Gasteiger partial charge in [-0.05, 0) is 18.1 Å². The first-order valence-electron chi connectivity index (χ1n) is 4.99. The SMILES string of the molecule is CCc1ccc(C(=O)OC)c(C#N)c1C(F)F. The van der Waals surface area contributed by atoms with E-state index < -0.39 is 12.4 Å². The minimum Gasteiger partial charge on any atom is -0.465 e. The second-order valence-electron chi connectivity index (χ2n) is 3.32. The molecule has 0 N–H and O–H groups in total. The molecule has 0 atom stereocenters. The lowest BCUT2D eigenvalue weighted by Crippen LogP contribution is -2.09. The van der Waals surface area contributed by atoms with E-state index in [4.69, 9.17) is 5.26 Å². The highest BCUT2D eigenvalue weighted by molar-refractivity contribution is 5.92. The molecule has 0 heterocycles. The van der Waals surface area contributed by atoms with Crippen molar-refractivity contribution in [3.05, 3.63) is 34.4 Å². The number of aryl methyl sites for hydroxylation is 1. The topological polar surface area (TPSA) is 50.1 Å². The minimum absolute atomic E-state index is 0.123. The van der Waals surface area contributed by atoms with Crippen LogP contribution < -0.4 is 0 Å². The molecule has 0 bridgehead atoms. The smallest absolute Gasteiger partial charge is 0.339 e. The van der Waals surface area contributed by atoms with Gasteiger partial charge in [0.05, 0.1) is 18.2 Å². The highest BCUT2D eigenvalue weighted by atomic mass is 19.3. The van der Waals surface area contributed by atoms with E-state index in [2.05, 4.69) is 4.74 Å². The number of esters is 1. The Labute approximate surface area is 97.6 Å². The molecule has 0 saturated carbocycles. The van der Waals surface area contributed by atoms with Crippen molar-refractivity contribution < 1.29 is 18.3 Å². The van der Waals surface area contributed by atoms with Gasteiger partial charge in [-0.1, -0.05) is 13.0 Å². The number of carbonyl (C=O) groups excluding carboxylic acids is 1. The van der Waals surface area contributed by atoms with Crippen LogP contribution in [0.3, 0.4) is 0 Å². The molecule has 1 aromatic rings. The van der Waals surface area contributed by atoms with Crippen LogP contribution in [0.5, 0.6) is 0 Å². The van der Waals surface area contributed by atoms with Crippen LogP contribution in [-0.4, -0.2) is 13.1 Å². The van der Waals surface area contributed by atoms with Gasteiger partial charge in [0.15, 0.2) is 0 Å². The van der Waals surface area contributed by atoms with E-state index >= 15 is 0 Å². The molecule has 90 valence electrons. The lowest BCUT2D eigenvalue weighted by Gasteiger charge is -2.11. The van der Waals surface area contributed by atoms with E-state index in [1.165, 1.54) is 12.1 Å². The highest BCUT2D eigenvalue weighted by Gasteiger charge is 2.23. The second kappa shape index (κ2) is 5.39. The number of ether oxygens (including phenoxy) is 1. The van der Waals surface area contributed by atoms with Crippen molar-refractivity contribution in [3.63, 3.8) is 0 Å². The highest BCUT2D eigenvalue weighted by Crippen LogP contribution is 2.29. The number of hydrogen-bond donors (Lipinski definition) is 0. The fourth-order valence-corrected chi connectivity index (χ4v) is 1.62. The Bertz CT molecular complexity index is 478. The fourth-order valence-electron chi connectivity index (χ4n) is 1.62. The average molecular weight is 239 g/mol. The Morgan fingerprint density at radius 3 is 2.59 bits per heavy atom. The summed E-state index contributed by atoms with van der Waals surface area (Å²) in [5.74, 6) is -0.786. The van der Waals surface area contributed by atoms with Crippen molar-refractivity contribution >= 4 is 5.97 Å². The molecule has 0 saturated heterocycles. The number of methoxy groups -OCH3 is 1. The number of benzene rings is 1. The third-order valence-corrected chi connectivity index (χ3v) is 2.45. The van der Waals surface area contributed by atoms with Gasteiger partial charge in [-0.15, -0.1) is 0 Å². The normalized spacial score (nSPS) is 10.1. The van der Waals surface area contributed by atoms with Crippen LogP contribution >= 0.6 is 0 Å². The summed E-state index contributed by atoms with van der Waals surface area (Å²) in [5, 5.41) is 8.92. The third kappa shape index (κ3) is 2.41. The molecule has 0 unspecified atom stereocenters. The Morgan fingerprint density at radius 1 is 1.53 bits per heavy atom. The summed E-state index contributed by atoms with van der Waals surface area (Å²) >= 11 is 0. The maximum Gasteiger partial charge on any atom is 0.339 e. The van der Waals surface area contributed by atoms with Gasteiger partial charge in [0, 0.05) is 5.56 Å². The molecule has 3 nitrogen and oxygen atoms in total. The number of hydrogen-bond acceptors (Lipinski definition) is 3. The molecule has 1 aromatic carbocycles. The van der Waals surface area contributed by atoms with Crippen LogP contribution in [0.1, 0.15) is 40.4 Å². The first-order valence-corrected chi connectivity index (χ1v) is 4.99. The van der Waals surface area contributed by atoms with Crippen LogP contribution in [0.4, 0.5) is 8.78 Å². The first kappa shape index (κ1) is 13.1. The van der Waals surface area contributed by atoms with E-state index in [0.717, 1.165) is 7.11 Å². The Kier molecular flexibility index (Phi) is 4.16. The monoisotopic (exact) mass is 239 g/mol. The molecule has 0 fully saturated rings. The van der Waals surface area contributed by atoms with Gasteiger partial charge in [0.25, 0.3) is 6.43 Å². The molecule has 0 aliphatic heterocycles. The first-order chi connectivity index (χ1) is 8.06. The van der Waals surface area contributed by atoms with Gasteiger partial charge < -0.3 is 4.74 Å². The van der Waals surface area contributed by atoms with Crippen molar-refractivity contribution in [1.82, 2.24) is 0 Å². The molecule has 5 heteroatoms. The molecule has 0 aliphatic carbocycles. The lowest BCUT2D eigenvalue weighted by atomic mass is 9.95. The molecule has 17 heavy (non-hydrogen) atoms. The summed E-state index contributed by atoms with van der Waals surface area (Å²) in [6, 6.07) is 4.42. The largest absolute Gasteiger partial charge is 0.465 e. The zero-order chi connectivity index (χ0) is 13.0. The average Bonchev–Trinajstić information content (AvgIpc) is 2.35. The maximum atomic E-state index is 12.9. The minimum atomic E-state index is -2.79. The summed E-state index contributed by atoms with van der Waals surface area (Å²) < 4.78 is 30.3. The van der Waals surface area contributed by atoms with Crippen molar-refractivity contribution in [2.24, 2.45) is 0 Å². The molecule has 0 spiro atoms. The van der Waals surface area contributed by atoms with E-state index in [1.807, 2.05) is 0 Å². The summed E-state index contributed by atoms with van der Waals surface area (Å²) in [6.45, 7) is 1.71. The molecule has 0 aliphatic rings. The maximum absolute atomic E-state index is 12.9. The molecule has 0 amide bonds. The van der Waals surface area contributed by atoms with Gasteiger partial charge >= 0.3 is 5.97 Å². The quantitative estimate of drug-likeness (QED) is 0.762. The van der Waals surface area contributed by atoms with E-state index in [-0.39, 0.29) is 16.7 Å². The third-order valence-electron chi connectivity index (χ3n) is 2.45. The van der Waals surface area contributed by atoms with Crippen LogP contribution in [0.25, 0.3) is 0 Å². The molecular weight excluding hydrogens is 228 g/mol. The van der Waals surface area contributed by atoms with E-state index in [1.54, 1.807) is 13.0 Å². The number of carbonyl (C=O) groups is 1. The molecular formula is C12H11F2NO2. The molecule has 0 radical (unpaired) electrons. The van der Waals surface area contributed by atoms with Crippen molar-refractivity contribution in [2.75, 3.05) is 7.11 Å². The Hall–Kier alpha value is -1.96. The predicted octanol–water partition coefficient (Wildman–Crippen LogP) is 2.84. The van der Waals surface area contributed by atoms with Gasteiger partial charge in [-0.2, -0.15) is 5.26 Å². The van der Waals surface area contributed by atoms with Gasteiger partial charge in [-0.25, -0.2) is 13.6 Å². The van der Waals surface area contributed by atoms with Crippen molar-refractivity contribution in [3.8, 4) is 6.07 Å². The van der Waals surface area contributed by atoms with Crippen LogP contribution in [0, 0.1) is 11.3 Å². The van der Waals surface area contributed by atoms with Gasteiger partial charge in [0.2, 0.25) is 0 Å². The number of alkyl halides is 2. The van der Waals surface area contributed by atoms with Crippen LogP contribution in [0.15, 0.2) is 12.1 Å². The zero-order valence-electron chi connectivity index (χ0n) is 9.46. The number of nitrogens with zero attached hydrogens (tertiary/aromatic N) is 1. The fraction of sp³-hybridized carbons (Fsp3) is 0.333. The number of rotatable bonds is 3. The summed E-state index contributed by atoms with van der Waals surface area (Å²) in [6.07, 6.45) is -2.42. The standard InChI is InChI=1S/C12H11F2NO2/c1-3-7-4-5-8(12(16)17-2)9(6-15)10(7)11(13)14/h4-5,11H,3H2,1-2H3. The second-order valence-corrected chi connectivity index (χ2v) is 3.32. The van der Waals surface area contributed by atoms with Gasteiger partial charge in [-0.3, -0.25) is 0 Å². The van der Waals surface area contributed by atoms with Crippen molar-refractivity contribution in [1.29, 1.82) is 5.26 Å². The summed E-state index contributed by atoms with van der Waals surface area (Å²) in [7, 11) is 1.14. The van der Waals surface area contributed by atoms with Gasteiger partial charge in [0.1, 0.15) is 6.07 Å². The molecule has 1 rings (SSSR count). The van der Waals surface area contributed by atoms with Crippen LogP contribution in [-0.2, 0) is 11.2 Å². The number of halogens is 2. The van der Waals surface area contributed by atoms with Crippen molar-refractivity contribution in [2.45, 2.75) is 19.8 Å². The Balaban J connectivity index is 3.53. The number of nitriles is 1. The van der Waals surface area contributed by atoms with E-state index in [0.29, 0.717) is 12.0 Å². The molecule has 0 aromatic heterocycles. The van der Waals surface area contributed by atoms with E-state index in [9.17, 15) is 13.6 Å². The zero-order valence-corrected chi connectivity index (χ0v) is 9.46. The summed E-state index contributed by atoms with van der Waals surface area (Å²) in [5.41, 5.74) is -0.434.